The van der Waals surface area contributed by atoms with Crippen molar-refractivity contribution in [2.24, 2.45) is 11.8 Å². The minimum atomic E-state index is 0.426. The highest BCUT2D eigenvalue weighted by Crippen LogP contribution is 2.37. The van der Waals surface area contributed by atoms with E-state index in [0.717, 1.165) is 38.0 Å². The summed E-state index contributed by atoms with van der Waals surface area (Å²) in [5.41, 5.74) is 0. The maximum absolute atomic E-state index is 6.00. The van der Waals surface area contributed by atoms with Crippen LogP contribution in [0.1, 0.15) is 25.7 Å². The smallest absolute Gasteiger partial charge is 0.213 e. The lowest BCUT2D eigenvalue weighted by molar-refractivity contribution is -0.0571. The van der Waals surface area contributed by atoms with Gasteiger partial charge in [0.15, 0.2) is 0 Å². The summed E-state index contributed by atoms with van der Waals surface area (Å²) in [6, 6.07) is 6.44. The van der Waals surface area contributed by atoms with E-state index in [0.29, 0.717) is 18.1 Å². The Hall–Kier alpha value is -1.13. The van der Waals surface area contributed by atoms with Crippen molar-refractivity contribution in [1.29, 1.82) is 0 Å². The quantitative estimate of drug-likeness (QED) is 0.833. The zero-order valence-corrected chi connectivity index (χ0v) is 12.5. The van der Waals surface area contributed by atoms with E-state index in [-0.39, 0.29) is 0 Å². The fraction of sp³-hybridized carbons (Fsp3) is 0.706. The predicted molar refractivity (Wildman–Crippen MR) is 80.3 cm³/mol. The molecule has 1 aromatic rings. The molecule has 4 nitrogen and oxygen atoms in total. The van der Waals surface area contributed by atoms with Crippen LogP contribution in [-0.2, 0) is 4.74 Å². The molecule has 1 aromatic heterocycles. The second-order valence-corrected chi connectivity index (χ2v) is 6.73. The molecule has 21 heavy (non-hydrogen) atoms. The molecular formula is C17H24N2O2. The van der Waals surface area contributed by atoms with Crippen molar-refractivity contribution >= 4 is 0 Å². The van der Waals surface area contributed by atoms with Crippen molar-refractivity contribution in [3.8, 4) is 5.88 Å². The molecular weight excluding hydrogens is 264 g/mol. The van der Waals surface area contributed by atoms with E-state index in [9.17, 15) is 0 Å². The Morgan fingerprint density at radius 2 is 2.19 bits per heavy atom. The third kappa shape index (κ3) is 3.22. The number of pyridine rings is 1. The number of fused-ring (bicyclic) bond motifs is 1. The van der Waals surface area contributed by atoms with Crippen molar-refractivity contribution in [2.75, 3.05) is 26.3 Å². The molecule has 0 amide bonds. The molecule has 0 spiro atoms. The third-order valence-corrected chi connectivity index (χ3v) is 5.04. The molecule has 3 aliphatic rings. The van der Waals surface area contributed by atoms with Gasteiger partial charge in [0.1, 0.15) is 0 Å². The van der Waals surface area contributed by atoms with Crippen LogP contribution >= 0.6 is 0 Å². The first-order valence-electron chi connectivity index (χ1n) is 8.28. The van der Waals surface area contributed by atoms with E-state index in [1.54, 1.807) is 6.20 Å². The fourth-order valence-electron chi connectivity index (χ4n) is 3.76. The van der Waals surface area contributed by atoms with Crippen LogP contribution < -0.4 is 4.74 Å². The second kappa shape index (κ2) is 5.93. The van der Waals surface area contributed by atoms with Gasteiger partial charge in [-0.05, 0) is 43.6 Å². The van der Waals surface area contributed by atoms with Crippen molar-refractivity contribution in [3.05, 3.63) is 24.4 Å². The molecule has 2 saturated carbocycles. The van der Waals surface area contributed by atoms with E-state index in [1.807, 2.05) is 18.2 Å². The normalized spacial score (nSPS) is 32.9. The van der Waals surface area contributed by atoms with Gasteiger partial charge >= 0.3 is 0 Å². The van der Waals surface area contributed by atoms with E-state index in [4.69, 9.17) is 9.47 Å². The second-order valence-electron chi connectivity index (χ2n) is 6.73. The first-order chi connectivity index (χ1) is 10.4. The zero-order valence-electron chi connectivity index (χ0n) is 12.5. The zero-order chi connectivity index (χ0) is 14.1. The Balaban J connectivity index is 1.32. The minimum Gasteiger partial charge on any atom is -0.477 e. The van der Waals surface area contributed by atoms with Gasteiger partial charge in [-0.25, -0.2) is 4.98 Å². The first kappa shape index (κ1) is 13.5. The minimum absolute atomic E-state index is 0.426. The average molecular weight is 288 g/mol. The monoisotopic (exact) mass is 288 g/mol. The Bertz CT molecular complexity index is 463. The summed E-state index contributed by atoms with van der Waals surface area (Å²) in [5, 5.41) is 0. The van der Waals surface area contributed by atoms with Crippen LogP contribution in [0.25, 0.3) is 0 Å². The summed E-state index contributed by atoms with van der Waals surface area (Å²) in [7, 11) is 0. The lowest BCUT2D eigenvalue weighted by Crippen LogP contribution is -2.49. The SMILES string of the molecule is c1ccc(OC[C@@H]2C[C@H]3OCCN(CC4CC4)[C@H]3C2)nc1. The molecule has 0 unspecified atom stereocenters. The summed E-state index contributed by atoms with van der Waals surface area (Å²) in [6.45, 7) is 4.08. The topological polar surface area (TPSA) is 34.6 Å². The van der Waals surface area contributed by atoms with Crippen LogP contribution in [0, 0.1) is 11.8 Å². The Morgan fingerprint density at radius 3 is 3.00 bits per heavy atom. The van der Waals surface area contributed by atoms with Crippen LogP contribution in [0.15, 0.2) is 24.4 Å². The summed E-state index contributed by atoms with van der Waals surface area (Å²) in [5.74, 6) is 2.30. The summed E-state index contributed by atoms with van der Waals surface area (Å²) >= 11 is 0. The van der Waals surface area contributed by atoms with Gasteiger partial charge in [0.25, 0.3) is 0 Å². The van der Waals surface area contributed by atoms with Crippen molar-refractivity contribution in [2.45, 2.75) is 37.8 Å². The van der Waals surface area contributed by atoms with E-state index in [2.05, 4.69) is 9.88 Å². The van der Waals surface area contributed by atoms with Gasteiger partial charge in [0, 0.05) is 31.4 Å². The van der Waals surface area contributed by atoms with Crippen molar-refractivity contribution < 1.29 is 9.47 Å². The molecule has 0 N–H and O–H groups in total. The van der Waals surface area contributed by atoms with E-state index >= 15 is 0 Å². The molecule has 0 radical (unpaired) electrons. The number of hydrogen-bond donors (Lipinski definition) is 0. The number of ether oxygens (including phenoxy) is 2. The lowest BCUT2D eigenvalue weighted by atomic mass is 10.1. The van der Waals surface area contributed by atoms with Crippen LogP contribution in [0.5, 0.6) is 5.88 Å². The number of rotatable bonds is 5. The average Bonchev–Trinajstić information content (AvgIpc) is 3.23. The first-order valence-corrected chi connectivity index (χ1v) is 8.28. The molecule has 4 heteroatoms. The Kier molecular flexibility index (Phi) is 3.82. The van der Waals surface area contributed by atoms with E-state index < -0.39 is 0 Å². The third-order valence-electron chi connectivity index (χ3n) is 5.04. The molecule has 3 fully saturated rings. The number of aromatic nitrogens is 1. The van der Waals surface area contributed by atoms with Crippen LogP contribution in [0.2, 0.25) is 0 Å². The summed E-state index contributed by atoms with van der Waals surface area (Å²) < 4.78 is 11.8. The number of hydrogen-bond acceptors (Lipinski definition) is 4. The van der Waals surface area contributed by atoms with Gasteiger partial charge < -0.3 is 9.47 Å². The largest absolute Gasteiger partial charge is 0.477 e. The molecule has 4 rings (SSSR count). The van der Waals surface area contributed by atoms with Crippen LogP contribution in [0.3, 0.4) is 0 Å². The summed E-state index contributed by atoms with van der Waals surface area (Å²) in [4.78, 5) is 6.92. The maximum atomic E-state index is 6.00. The highest BCUT2D eigenvalue weighted by atomic mass is 16.5. The van der Waals surface area contributed by atoms with Crippen LogP contribution in [-0.4, -0.2) is 48.3 Å². The molecule has 0 aromatic carbocycles. The Labute approximate surface area is 126 Å². The van der Waals surface area contributed by atoms with Gasteiger partial charge in [-0.15, -0.1) is 0 Å². The van der Waals surface area contributed by atoms with Gasteiger partial charge in [-0.1, -0.05) is 6.07 Å². The van der Waals surface area contributed by atoms with Gasteiger partial charge in [0.2, 0.25) is 5.88 Å². The number of morpholine rings is 1. The molecule has 1 saturated heterocycles. The molecule has 3 atom stereocenters. The maximum Gasteiger partial charge on any atom is 0.213 e. The number of nitrogens with zero attached hydrogens (tertiary/aromatic N) is 2. The van der Waals surface area contributed by atoms with E-state index in [1.165, 1.54) is 25.8 Å². The fourth-order valence-corrected chi connectivity index (χ4v) is 3.76. The molecule has 2 heterocycles. The molecule has 0 bridgehead atoms. The Morgan fingerprint density at radius 1 is 1.24 bits per heavy atom. The molecule has 2 aliphatic carbocycles. The lowest BCUT2D eigenvalue weighted by Gasteiger charge is -2.37. The highest BCUT2D eigenvalue weighted by molar-refractivity contribution is 5.09. The van der Waals surface area contributed by atoms with Crippen LogP contribution in [0.4, 0.5) is 0 Å². The highest BCUT2D eigenvalue weighted by Gasteiger charge is 2.42. The standard InChI is InChI=1S/C17H24N2O2/c1-2-6-18-17(3-1)21-12-14-9-15-16(10-14)20-8-7-19(15)11-13-4-5-13/h1-3,6,13-16H,4-5,7-12H2/t14-,15-,16+/m0/s1. The molecule has 1 aliphatic heterocycles. The predicted octanol–water partition coefficient (Wildman–Crippen LogP) is 2.35. The van der Waals surface area contributed by atoms with Gasteiger partial charge in [-0.2, -0.15) is 0 Å². The van der Waals surface area contributed by atoms with Gasteiger partial charge in [0.05, 0.1) is 19.3 Å². The van der Waals surface area contributed by atoms with Crippen molar-refractivity contribution in [3.63, 3.8) is 0 Å². The van der Waals surface area contributed by atoms with Gasteiger partial charge in [-0.3, -0.25) is 4.90 Å². The molecule has 114 valence electrons. The van der Waals surface area contributed by atoms with Crippen molar-refractivity contribution in [1.82, 2.24) is 9.88 Å². The summed E-state index contributed by atoms with van der Waals surface area (Å²) in [6.07, 6.45) is 7.42.